The van der Waals surface area contributed by atoms with Gasteiger partial charge in [0.15, 0.2) is 5.58 Å². The number of carbonyl (C=O) groups is 1. The number of hydrogen-bond donors (Lipinski definition) is 1. The molecule has 1 N–H and O–H groups in total. The molecule has 0 fully saturated rings. The van der Waals surface area contributed by atoms with Gasteiger partial charge in [-0.05, 0) is 30.7 Å². The second-order valence-corrected chi connectivity index (χ2v) is 5.88. The molecule has 3 rings (SSSR count). The number of ether oxygens (including phenoxy) is 1. The zero-order valence-corrected chi connectivity index (χ0v) is 14.5. The molecule has 1 heterocycles. The van der Waals surface area contributed by atoms with Gasteiger partial charge in [-0.25, -0.2) is 4.79 Å². The van der Waals surface area contributed by atoms with E-state index in [1.54, 1.807) is 0 Å². The van der Waals surface area contributed by atoms with E-state index in [4.69, 9.17) is 9.15 Å². The van der Waals surface area contributed by atoms with Crippen molar-refractivity contribution in [1.29, 1.82) is 0 Å². The van der Waals surface area contributed by atoms with Crippen LogP contribution in [-0.4, -0.2) is 28.5 Å². The third kappa shape index (κ3) is 4.32. The first-order chi connectivity index (χ1) is 12.9. The lowest BCUT2D eigenvalue weighted by Gasteiger charge is -2.08. The zero-order valence-electron chi connectivity index (χ0n) is 14.5. The van der Waals surface area contributed by atoms with E-state index in [0.717, 1.165) is 10.1 Å². The van der Waals surface area contributed by atoms with Crippen LogP contribution in [0, 0.1) is 17.0 Å². The summed E-state index contributed by atoms with van der Waals surface area (Å²) in [6, 6.07) is 11.3. The molecule has 140 valence electrons. The minimum Gasteiger partial charge on any atom is -0.492 e. The molecule has 1 amide bonds. The summed E-state index contributed by atoms with van der Waals surface area (Å²) in [6.07, 6.45) is 0. The number of fused-ring (bicyclic) bond motifs is 1. The van der Waals surface area contributed by atoms with Crippen LogP contribution in [0.1, 0.15) is 5.56 Å². The van der Waals surface area contributed by atoms with Crippen LogP contribution in [0.4, 0.5) is 5.69 Å². The van der Waals surface area contributed by atoms with Crippen molar-refractivity contribution in [1.82, 2.24) is 9.88 Å². The number of oxazole rings is 1. The molecule has 0 aliphatic rings. The number of rotatable bonds is 7. The maximum Gasteiger partial charge on any atom is 0.420 e. The van der Waals surface area contributed by atoms with Gasteiger partial charge >= 0.3 is 5.76 Å². The van der Waals surface area contributed by atoms with E-state index < -0.39 is 16.6 Å². The minimum atomic E-state index is -0.753. The number of aryl methyl sites for hydroxylation is 1. The van der Waals surface area contributed by atoms with Crippen molar-refractivity contribution in [2.24, 2.45) is 0 Å². The first-order valence-corrected chi connectivity index (χ1v) is 8.18. The quantitative estimate of drug-likeness (QED) is 0.386. The molecular weight excluding hydrogens is 354 g/mol. The van der Waals surface area contributed by atoms with Crippen LogP contribution in [0.25, 0.3) is 11.1 Å². The van der Waals surface area contributed by atoms with Gasteiger partial charge in [0.05, 0.1) is 17.0 Å². The van der Waals surface area contributed by atoms with E-state index in [2.05, 4.69) is 5.32 Å². The molecule has 0 unspecified atom stereocenters. The van der Waals surface area contributed by atoms with E-state index >= 15 is 0 Å². The lowest BCUT2D eigenvalue weighted by atomic mass is 10.2. The van der Waals surface area contributed by atoms with Crippen molar-refractivity contribution in [3.63, 3.8) is 0 Å². The van der Waals surface area contributed by atoms with Crippen LogP contribution in [0.15, 0.2) is 51.7 Å². The van der Waals surface area contributed by atoms with Gasteiger partial charge in [-0.15, -0.1) is 0 Å². The number of carbonyl (C=O) groups excluding carboxylic acids is 1. The standard InChI is InChI=1S/C18H17N3O6/c1-12-3-2-4-14(9-12)26-8-7-19-17(22)11-20-15-10-13(21(24)25)5-6-16(15)27-18(20)23/h2-6,9-10H,7-8,11H2,1H3,(H,19,22). The number of nitrogens with one attached hydrogen (secondary N) is 1. The summed E-state index contributed by atoms with van der Waals surface area (Å²) in [7, 11) is 0. The van der Waals surface area contributed by atoms with Gasteiger partial charge in [-0.2, -0.15) is 0 Å². The highest BCUT2D eigenvalue weighted by Gasteiger charge is 2.16. The summed E-state index contributed by atoms with van der Waals surface area (Å²) in [4.78, 5) is 34.3. The summed E-state index contributed by atoms with van der Waals surface area (Å²) >= 11 is 0. The van der Waals surface area contributed by atoms with Crippen molar-refractivity contribution < 1.29 is 18.9 Å². The largest absolute Gasteiger partial charge is 0.492 e. The fourth-order valence-electron chi connectivity index (χ4n) is 2.58. The molecule has 27 heavy (non-hydrogen) atoms. The summed E-state index contributed by atoms with van der Waals surface area (Å²) in [5.41, 5.74) is 1.25. The average molecular weight is 371 g/mol. The van der Waals surface area contributed by atoms with Gasteiger partial charge in [0.25, 0.3) is 5.69 Å². The summed E-state index contributed by atoms with van der Waals surface area (Å²) in [5, 5.41) is 13.5. The second kappa shape index (κ2) is 7.73. The van der Waals surface area contributed by atoms with Crippen molar-refractivity contribution in [2.75, 3.05) is 13.2 Å². The van der Waals surface area contributed by atoms with E-state index in [-0.39, 0.29) is 36.5 Å². The summed E-state index contributed by atoms with van der Waals surface area (Å²) < 4.78 is 11.6. The first-order valence-electron chi connectivity index (χ1n) is 8.18. The third-order valence-corrected chi connectivity index (χ3v) is 3.85. The third-order valence-electron chi connectivity index (χ3n) is 3.85. The molecule has 3 aromatic rings. The van der Waals surface area contributed by atoms with Crippen LogP contribution in [0.5, 0.6) is 5.75 Å². The Labute approximate surface area is 153 Å². The Morgan fingerprint density at radius 3 is 2.85 bits per heavy atom. The Bertz CT molecular complexity index is 1050. The van der Waals surface area contributed by atoms with Gasteiger partial charge in [0.1, 0.15) is 18.9 Å². The molecule has 0 aliphatic carbocycles. The second-order valence-electron chi connectivity index (χ2n) is 5.88. The number of aromatic nitrogens is 1. The van der Waals surface area contributed by atoms with Crippen LogP contribution < -0.4 is 15.8 Å². The lowest BCUT2D eigenvalue weighted by Crippen LogP contribution is -2.33. The molecule has 0 saturated heterocycles. The van der Waals surface area contributed by atoms with Crippen LogP contribution >= 0.6 is 0 Å². The normalized spacial score (nSPS) is 10.7. The summed E-state index contributed by atoms with van der Waals surface area (Å²) in [5.74, 6) is -0.482. The molecule has 9 heteroatoms. The number of benzene rings is 2. The van der Waals surface area contributed by atoms with Crippen LogP contribution in [0.2, 0.25) is 0 Å². The van der Waals surface area contributed by atoms with Gasteiger partial charge in [-0.1, -0.05) is 12.1 Å². The molecule has 0 atom stereocenters. The van der Waals surface area contributed by atoms with E-state index in [9.17, 15) is 19.7 Å². The van der Waals surface area contributed by atoms with Gasteiger partial charge < -0.3 is 14.5 Å². The Hall–Kier alpha value is -3.62. The number of nitrogens with zero attached hydrogens (tertiary/aromatic N) is 2. The zero-order chi connectivity index (χ0) is 19.4. The molecule has 0 aliphatic heterocycles. The lowest BCUT2D eigenvalue weighted by molar-refractivity contribution is -0.384. The fourth-order valence-corrected chi connectivity index (χ4v) is 2.58. The Balaban J connectivity index is 1.60. The number of nitro groups is 1. The van der Waals surface area contributed by atoms with Gasteiger partial charge in [-0.3, -0.25) is 19.5 Å². The highest BCUT2D eigenvalue weighted by Crippen LogP contribution is 2.20. The number of amides is 1. The van der Waals surface area contributed by atoms with E-state index in [0.29, 0.717) is 5.75 Å². The highest BCUT2D eigenvalue weighted by atomic mass is 16.6. The predicted molar refractivity (Wildman–Crippen MR) is 96.8 cm³/mol. The molecule has 0 radical (unpaired) electrons. The molecule has 0 saturated carbocycles. The Morgan fingerprint density at radius 2 is 2.11 bits per heavy atom. The summed E-state index contributed by atoms with van der Waals surface area (Å²) in [6.45, 7) is 2.16. The van der Waals surface area contributed by atoms with Crippen LogP contribution in [0.3, 0.4) is 0 Å². The number of hydrogen-bond acceptors (Lipinski definition) is 6. The van der Waals surface area contributed by atoms with Gasteiger partial charge in [0, 0.05) is 12.1 Å². The smallest absolute Gasteiger partial charge is 0.420 e. The first kappa shape index (κ1) is 18.2. The monoisotopic (exact) mass is 371 g/mol. The number of nitro benzene ring substituents is 1. The molecular formula is C18H17N3O6. The Kier molecular flexibility index (Phi) is 5.20. The highest BCUT2D eigenvalue weighted by molar-refractivity contribution is 5.80. The molecule has 2 aromatic carbocycles. The van der Waals surface area contributed by atoms with Crippen molar-refractivity contribution in [3.8, 4) is 5.75 Å². The van der Waals surface area contributed by atoms with Crippen molar-refractivity contribution >= 4 is 22.7 Å². The molecule has 0 bridgehead atoms. The topological polar surface area (TPSA) is 117 Å². The number of non-ortho nitro benzene ring substituents is 1. The van der Waals surface area contributed by atoms with Crippen molar-refractivity contribution in [3.05, 3.63) is 68.7 Å². The predicted octanol–water partition coefficient (Wildman–Crippen LogP) is 2.01. The average Bonchev–Trinajstić information content (AvgIpc) is 2.93. The molecule has 0 spiro atoms. The van der Waals surface area contributed by atoms with Crippen molar-refractivity contribution in [2.45, 2.75) is 13.5 Å². The minimum absolute atomic E-state index is 0.182. The maximum atomic E-state index is 12.1. The molecule has 1 aromatic heterocycles. The fraction of sp³-hybridized carbons (Fsp3) is 0.222. The van der Waals surface area contributed by atoms with E-state index in [1.807, 2.05) is 31.2 Å². The van der Waals surface area contributed by atoms with E-state index in [1.165, 1.54) is 18.2 Å². The maximum absolute atomic E-state index is 12.1. The van der Waals surface area contributed by atoms with Gasteiger partial charge in [0.2, 0.25) is 5.91 Å². The molecule has 9 nitrogen and oxygen atoms in total. The Morgan fingerprint density at radius 1 is 1.30 bits per heavy atom. The van der Waals surface area contributed by atoms with Crippen LogP contribution in [-0.2, 0) is 11.3 Å². The SMILES string of the molecule is Cc1cccc(OCCNC(=O)Cn2c(=O)oc3ccc([N+](=O)[O-])cc32)c1.